The third kappa shape index (κ3) is 2.23. The molecular weight excluding hydrogens is 203 g/mol. The summed E-state index contributed by atoms with van der Waals surface area (Å²) in [6.07, 6.45) is 3.71. The quantitative estimate of drug-likeness (QED) is 0.689. The second kappa shape index (κ2) is 4.88. The fourth-order valence-corrected chi connectivity index (χ4v) is 1.90. The number of rotatable bonds is 3. The summed E-state index contributed by atoms with van der Waals surface area (Å²) in [5, 5.41) is 0. The van der Waals surface area contributed by atoms with Crippen molar-refractivity contribution in [3.8, 4) is 11.1 Å². The lowest BCUT2D eigenvalue weighted by Gasteiger charge is -2.09. The van der Waals surface area contributed by atoms with Gasteiger partial charge in [-0.1, -0.05) is 73.2 Å². The van der Waals surface area contributed by atoms with Crippen LogP contribution in [0, 0.1) is 0 Å². The topological polar surface area (TPSA) is 0 Å². The minimum absolute atomic E-state index is 0.772. The highest BCUT2D eigenvalue weighted by atomic mass is 14.1. The summed E-state index contributed by atoms with van der Waals surface area (Å²) in [5.41, 5.74) is 5.26. The van der Waals surface area contributed by atoms with Gasteiger partial charge >= 0.3 is 0 Å². The average Bonchev–Trinajstić information content (AvgIpc) is 2.38. The summed E-state index contributed by atoms with van der Waals surface area (Å²) in [5.74, 6) is 0. The molecule has 0 aliphatic rings. The van der Waals surface area contributed by atoms with E-state index in [1.807, 2.05) is 48.6 Å². The first-order valence-electron chi connectivity index (χ1n) is 5.50. The fraction of sp³-hybridized carbons (Fsp3) is 0. The van der Waals surface area contributed by atoms with Crippen LogP contribution in [0.2, 0.25) is 0 Å². The Morgan fingerprint density at radius 2 is 1.59 bits per heavy atom. The normalized spacial score (nSPS) is 9.88. The van der Waals surface area contributed by atoms with Gasteiger partial charge in [-0.05, 0) is 22.3 Å². The van der Waals surface area contributed by atoms with E-state index in [1.54, 1.807) is 0 Å². The molecule has 0 amide bonds. The van der Waals surface area contributed by atoms with Gasteiger partial charge in [-0.2, -0.15) is 0 Å². The lowest BCUT2D eigenvalue weighted by molar-refractivity contribution is 1.58. The monoisotopic (exact) mass is 216 g/mol. The third-order valence-corrected chi connectivity index (χ3v) is 2.79. The smallest absolute Gasteiger partial charge is 0.0984 e. The Kier molecular flexibility index (Phi) is 3.29. The molecule has 0 unspecified atom stereocenters. The van der Waals surface area contributed by atoms with E-state index >= 15 is 0 Å². The Morgan fingerprint density at radius 3 is 2.18 bits per heavy atom. The van der Waals surface area contributed by atoms with E-state index in [4.69, 9.17) is 7.85 Å². The molecule has 0 saturated heterocycles. The summed E-state index contributed by atoms with van der Waals surface area (Å²) < 4.78 is 0. The molecule has 0 fully saturated rings. The van der Waals surface area contributed by atoms with Gasteiger partial charge in [0.05, 0.1) is 0 Å². The van der Waals surface area contributed by atoms with Crippen molar-refractivity contribution < 1.29 is 0 Å². The van der Waals surface area contributed by atoms with Crippen molar-refractivity contribution in [3.05, 3.63) is 66.7 Å². The second-order valence-corrected chi connectivity index (χ2v) is 3.84. The predicted octanol–water partition coefficient (Wildman–Crippen LogP) is 3.43. The number of benzene rings is 2. The highest BCUT2D eigenvalue weighted by molar-refractivity contribution is 6.32. The first-order valence-corrected chi connectivity index (χ1v) is 5.50. The van der Waals surface area contributed by atoms with E-state index in [1.165, 1.54) is 0 Å². The standard InChI is InChI=1S/C16H13B/c1-3-12-6-5-7-16(15(12)4-2)13-8-10-14(17)11-9-13/h3-11H,1-2H2. The van der Waals surface area contributed by atoms with Gasteiger partial charge in [0.25, 0.3) is 0 Å². The predicted molar refractivity (Wildman–Crippen MR) is 77.4 cm³/mol. The lowest BCUT2D eigenvalue weighted by atomic mass is 9.91. The Bertz CT molecular complexity index is 550. The van der Waals surface area contributed by atoms with Crippen molar-refractivity contribution in [1.29, 1.82) is 0 Å². The third-order valence-electron chi connectivity index (χ3n) is 2.79. The van der Waals surface area contributed by atoms with Crippen LogP contribution in [0.3, 0.4) is 0 Å². The van der Waals surface area contributed by atoms with Gasteiger partial charge in [-0.3, -0.25) is 0 Å². The van der Waals surface area contributed by atoms with Crippen LogP contribution in [0.1, 0.15) is 11.1 Å². The molecule has 80 valence electrons. The largest absolute Gasteiger partial charge is 0.113 e. The van der Waals surface area contributed by atoms with Crippen LogP contribution in [-0.2, 0) is 0 Å². The average molecular weight is 216 g/mol. The maximum absolute atomic E-state index is 5.70. The summed E-state index contributed by atoms with van der Waals surface area (Å²) in [7, 11) is 5.70. The molecule has 0 aliphatic heterocycles. The van der Waals surface area contributed by atoms with Crippen LogP contribution in [0.4, 0.5) is 0 Å². The number of hydrogen-bond donors (Lipinski definition) is 0. The fourth-order valence-electron chi connectivity index (χ4n) is 1.90. The van der Waals surface area contributed by atoms with E-state index in [2.05, 4.69) is 19.2 Å². The Balaban J connectivity index is 2.62. The molecule has 0 heterocycles. The zero-order valence-electron chi connectivity index (χ0n) is 9.69. The molecule has 0 aliphatic carbocycles. The lowest BCUT2D eigenvalue weighted by Crippen LogP contribution is -1.99. The van der Waals surface area contributed by atoms with Crippen molar-refractivity contribution in [3.63, 3.8) is 0 Å². The first-order chi connectivity index (χ1) is 8.26. The summed E-state index contributed by atoms with van der Waals surface area (Å²) >= 11 is 0. The molecular formula is C16H13B. The highest BCUT2D eigenvalue weighted by Crippen LogP contribution is 2.27. The van der Waals surface area contributed by atoms with Crippen LogP contribution >= 0.6 is 0 Å². The van der Waals surface area contributed by atoms with Crippen LogP contribution in [0.25, 0.3) is 23.3 Å². The summed E-state index contributed by atoms with van der Waals surface area (Å²) in [6.45, 7) is 7.69. The minimum Gasteiger partial charge on any atom is -0.0984 e. The minimum atomic E-state index is 0.772. The molecule has 2 rings (SSSR count). The van der Waals surface area contributed by atoms with Crippen LogP contribution in [-0.4, -0.2) is 7.85 Å². The first kappa shape index (κ1) is 11.5. The molecule has 17 heavy (non-hydrogen) atoms. The van der Waals surface area contributed by atoms with Crippen LogP contribution in [0.5, 0.6) is 0 Å². The van der Waals surface area contributed by atoms with Crippen molar-refractivity contribution in [2.75, 3.05) is 0 Å². The molecule has 0 nitrogen and oxygen atoms in total. The Labute approximate surface area is 104 Å². The summed E-state index contributed by atoms with van der Waals surface area (Å²) in [6, 6.07) is 14.0. The van der Waals surface area contributed by atoms with E-state index < -0.39 is 0 Å². The summed E-state index contributed by atoms with van der Waals surface area (Å²) in [4.78, 5) is 0. The molecule has 1 heteroatoms. The molecule has 0 N–H and O–H groups in total. The zero-order chi connectivity index (χ0) is 12.3. The molecule has 2 aromatic rings. The van der Waals surface area contributed by atoms with Crippen LogP contribution < -0.4 is 5.46 Å². The molecule has 0 bridgehead atoms. The second-order valence-electron chi connectivity index (χ2n) is 3.84. The molecule has 0 saturated carbocycles. The number of hydrogen-bond acceptors (Lipinski definition) is 0. The van der Waals surface area contributed by atoms with E-state index in [0.29, 0.717) is 0 Å². The van der Waals surface area contributed by atoms with E-state index in [-0.39, 0.29) is 0 Å². The zero-order valence-corrected chi connectivity index (χ0v) is 9.69. The molecule has 2 radical (unpaired) electrons. The van der Waals surface area contributed by atoms with Crippen molar-refractivity contribution in [2.45, 2.75) is 0 Å². The SMILES string of the molecule is [B]c1ccc(-c2cccc(C=C)c2C=C)cc1. The maximum Gasteiger partial charge on any atom is 0.113 e. The van der Waals surface area contributed by atoms with Crippen LogP contribution in [0.15, 0.2) is 55.6 Å². The van der Waals surface area contributed by atoms with Gasteiger partial charge in [-0.25, -0.2) is 0 Å². The van der Waals surface area contributed by atoms with Gasteiger partial charge in [-0.15, -0.1) is 0 Å². The highest BCUT2D eigenvalue weighted by Gasteiger charge is 2.04. The van der Waals surface area contributed by atoms with Crippen molar-refractivity contribution >= 4 is 25.5 Å². The van der Waals surface area contributed by atoms with Gasteiger partial charge in [0.1, 0.15) is 7.85 Å². The van der Waals surface area contributed by atoms with Crippen molar-refractivity contribution in [1.82, 2.24) is 0 Å². The Morgan fingerprint density at radius 1 is 0.882 bits per heavy atom. The molecule has 2 aromatic carbocycles. The van der Waals surface area contributed by atoms with Gasteiger partial charge in [0.15, 0.2) is 0 Å². The maximum atomic E-state index is 5.70. The molecule has 0 aromatic heterocycles. The van der Waals surface area contributed by atoms with E-state index in [9.17, 15) is 0 Å². The van der Waals surface area contributed by atoms with E-state index in [0.717, 1.165) is 27.7 Å². The van der Waals surface area contributed by atoms with Gasteiger partial charge in [0, 0.05) is 0 Å². The molecule has 0 spiro atoms. The molecule has 0 atom stereocenters. The van der Waals surface area contributed by atoms with Gasteiger partial charge < -0.3 is 0 Å². The van der Waals surface area contributed by atoms with Crippen molar-refractivity contribution in [2.24, 2.45) is 0 Å². The van der Waals surface area contributed by atoms with Gasteiger partial charge in [0.2, 0.25) is 0 Å². The Hall–Kier alpha value is -2.02.